The van der Waals surface area contributed by atoms with E-state index < -0.39 is 0 Å². The molecule has 4 amide bonds. The van der Waals surface area contributed by atoms with Crippen LogP contribution in [-0.2, 0) is 19.2 Å². The maximum absolute atomic E-state index is 12.4. The number of imide groups is 1. The molecule has 0 aromatic heterocycles. The topological polar surface area (TPSA) is 101 Å². The molecule has 0 spiro atoms. The largest absolute Gasteiger partial charge is 0.369 e. The highest BCUT2D eigenvalue weighted by Gasteiger charge is 2.47. The SMILES string of the molecule is NC(=O)C1CCN(C(=O)CCN2C(=O)[C@H]3CC=CC[C@H]3C2=O)CC1. The molecule has 130 valence electrons. The third-order valence-corrected chi connectivity index (χ3v) is 5.40. The molecular weight excluding hydrogens is 310 g/mol. The van der Waals surface area contributed by atoms with Gasteiger partial charge in [-0.15, -0.1) is 0 Å². The van der Waals surface area contributed by atoms with E-state index in [0.29, 0.717) is 38.8 Å². The van der Waals surface area contributed by atoms with Crippen molar-refractivity contribution in [3.05, 3.63) is 12.2 Å². The van der Waals surface area contributed by atoms with Gasteiger partial charge in [0.2, 0.25) is 23.6 Å². The zero-order chi connectivity index (χ0) is 17.3. The number of nitrogens with two attached hydrogens (primary N) is 1. The fourth-order valence-corrected chi connectivity index (χ4v) is 3.87. The number of carbonyl (C=O) groups is 4. The van der Waals surface area contributed by atoms with E-state index in [4.69, 9.17) is 5.73 Å². The highest BCUT2D eigenvalue weighted by Crippen LogP contribution is 2.35. The molecule has 1 aliphatic carbocycles. The van der Waals surface area contributed by atoms with Crippen LogP contribution >= 0.6 is 0 Å². The highest BCUT2D eigenvalue weighted by atomic mass is 16.2. The number of piperidine rings is 1. The van der Waals surface area contributed by atoms with Crippen molar-refractivity contribution in [2.75, 3.05) is 19.6 Å². The lowest BCUT2D eigenvalue weighted by Gasteiger charge is -2.31. The van der Waals surface area contributed by atoms with Gasteiger partial charge in [0.15, 0.2) is 0 Å². The molecule has 3 rings (SSSR count). The van der Waals surface area contributed by atoms with Crippen molar-refractivity contribution in [1.29, 1.82) is 0 Å². The predicted octanol–water partition coefficient (Wildman–Crippen LogP) is 0.0516. The number of fused-ring (bicyclic) bond motifs is 1. The van der Waals surface area contributed by atoms with Crippen molar-refractivity contribution >= 4 is 23.6 Å². The average molecular weight is 333 g/mol. The van der Waals surface area contributed by atoms with Crippen molar-refractivity contribution < 1.29 is 19.2 Å². The first-order valence-electron chi connectivity index (χ1n) is 8.56. The van der Waals surface area contributed by atoms with Gasteiger partial charge in [-0.05, 0) is 25.7 Å². The molecule has 2 saturated heterocycles. The lowest BCUT2D eigenvalue weighted by molar-refractivity contribution is -0.141. The molecule has 2 aliphatic heterocycles. The van der Waals surface area contributed by atoms with Gasteiger partial charge in [0.25, 0.3) is 0 Å². The van der Waals surface area contributed by atoms with Gasteiger partial charge >= 0.3 is 0 Å². The molecular formula is C17H23N3O4. The van der Waals surface area contributed by atoms with Gasteiger partial charge in [-0.25, -0.2) is 0 Å². The van der Waals surface area contributed by atoms with Crippen LogP contribution in [0.4, 0.5) is 0 Å². The molecule has 2 N–H and O–H groups in total. The minimum absolute atomic E-state index is 0.0773. The van der Waals surface area contributed by atoms with Crippen molar-refractivity contribution in [2.24, 2.45) is 23.5 Å². The third-order valence-electron chi connectivity index (χ3n) is 5.40. The first-order chi connectivity index (χ1) is 11.5. The number of nitrogens with zero attached hydrogens (tertiary/aromatic N) is 2. The fourth-order valence-electron chi connectivity index (χ4n) is 3.87. The van der Waals surface area contributed by atoms with Crippen LogP contribution in [-0.4, -0.2) is 53.1 Å². The zero-order valence-corrected chi connectivity index (χ0v) is 13.6. The molecule has 3 aliphatic rings. The lowest BCUT2D eigenvalue weighted by atomic mass is 9.85. The maximum Gasteiger partial charge on any atom is 0.233 e. The van der Waals surface area contributed by atoms with E-state index in [2.05, 4.69) is 0 Å². The van der Waals surface area contributed by atoms with Gasteiger partial charge in [-0.3, -0.25) is 24.1 Å². The number of hydrogen-bond acceptors (Lipinski definition) is 4. The Morgan fingerprint density at radius 3 is 2.08 bits per heavy atom. The molecule has 2 atom stereocenters. The summed E-state index contributed by atoms with van der Waals surface area (Å²) in [6.45, 7) is 1.16. The number of hydrogen-bond donors (Lipinski definition) is 1. The van der Waals surface area contributed by atoms with Crippen LogP contribution in [0.15, 0.2) is 12.2 Å². The van der Waals surface area contributed by atoms with E-state index in [1.807, 2.05) is 12.2 Å². The Bertz CT molecular complexity index is 567. The first kappa shape index (κ1) is 16.7. The van der Waals surface area contributed by atoms with E-state index in [1.165, 1.54) is 4.90 Å². The lowest BCUT2D eigenvalue weighted by Crippen LogP contribution is -2.43. The zero-order valence-electron chi connectivity index (χ0n) is 13.6. The number of allylic oxidation sites excluding steroid dienone is 2. The molecule has 0 unspecified atom stereocenters. The summed E-state index contributed by atoms with van der Waals surface area (Å²) >= 11 is 0. The minimum Gasteiger partial charge on any atom is -0.369 e. The van der Waals surface area contributed by atoms with E-state index >= 15 is 0 Å². The molecule has 2 fully saturated rings. The summed E-state index contributed by atoms with van der Waals surface area (Å²) in [5.74, 6) is -1.33. The second kappa shape index (κ2) is 6.75. The van der Waals surface area contributed by atoms with Crippen LogP contribution < -0.4 is 5.73 Å². The number of amides is 4. The summed E-state index contributed by atoms with van der Waals surface area (Å²) in [6, 6.07) is 0. The van der Waals surface area contributed by atoms with Gasteiger partial charge in [0, 0.05) is 32.0 Å². The van der Waals surface area contributed by atoms with Gasteiger partial charge in [0.05, 0.1) is 11.8 Å². The minimum atomic E-state index is -0.313. The van der Waals surface area contributed by atoms with Gasteiger partial charge < -0.3 is 10.6 Å². The van der Waals surface area contributed by atoms with Gasteiger partial charge in [-0.1, -0.05) is 12.2 Å². The monoisotopic (exact) mass is 333 g/mol. The fraction of sp³-hybridized carbons (Fsp3) is 0.647. The van der Waals surface area contributed by atoms with Crippen LogP contribution in [0.5, 0.6) is 0 Å². The summed E-state index contributed by atoms with van der Waals surface area (Å²) in [6.07, 6.45) is 6.43. The van der Waals surface area contributed by atoms with Crippen LogP contribution in [0.1, 0.15) is 32.1 Å². The number of carbonyl (C=O) groups excluding carboxylic acids is 4. The predicted molar refractivity (Wildman–Crippen MR) is 85.2 cm³/mol. The molecule has 7 nitrogen and oxygen atoms in total. The van der Waals surface area contributed by atoms with Gasteiger partial charge in [-0.2, -0.15) is 0 Å². The molecule has 0 aromatic rings. The standard InChI is InChI=1S/C17H23N3O4/c18-15(22)11-5-8-19(9-6-11)14(21)7-10-20-16(23)12-3-1-2-4-13(12)17(20)24/h1-2,11-13H,3-10H2,(H2,18,22)/t12-,13+. The second-order valence-electron chi connectivity index (χ2n) is 6.79. The Labute approximate surface area is 140 Å². The molecule has 0 bridgehead atoms. The summed E-state index contributed by atoms with van der Waals surface area (Å²) in [5.41, 5.74) is 5.29. The molecule has 0 aromatic carbocycles. The smallest absolute Gasteiger partial charge is 0.233 e. The van der Waals surface area contributed by atoms with E-state index in [1.54, 1.807) is 4.90 Å². The summed E-state index contributed by atoms with van der Waals surface area (Å²) in [7, 11) is 0. The molecule has 0 radical (unpaired) electrons. The maximum atomic E-state index is 12.4. The number of rotatable bonds is 4. The Morgan fingerprint density at radius 1 is 1.04 bits per heavy atom. The Kier molecular flexibility index (Phi) is 4.69. The van der Waals surface area contributed by atoms with E-state index in [-0.39, 0.29) is 54.3 Å². The number of primary amides is 1. The van der Waals surface area contributed by atoms with Crippen LogP contribution in [0, 0.1) is 17.8 Å². The number of likely N-dealkylation sites (tertiary alicyclic amines) is 2. The van der Waals surface area contributed by atoms with Gasteiger partial charge in [0.1, 0.15) is 0 Å². The molecule has 2 heterocycles. The Balaban J connectivity index is 1.51. The van der Waals surface area contributed by atoms with Crippen molar-refractivity contribution in [3.63, 3.8) is 0 Å². The second-order valence-corrected chi connectivity index (χ2v) is 6.79. The Hall–Kier alpha value is -2.18. The third kappa shape index (κ3) is 3.07. The van der Waals surface area contributed by atoms with Crippen molar-refractivity contribution in [2.45, 2.75) is 32.1 Å². The Morgan fingerprint density at radius 2 is 1.58 bits per heavy atom. The average Bonchev–Trinajstić information content (AvgIpc) is 2.84. The van der Waals surface area contributed by atoms with Crippen LogP contribution in [0.3, 0.4) is 0 Å². The summed E-state index contributed by atoms with van der Waals surface area (Å²) < 4.78 is 0. The normalized spacial score (nSPS) is 27.5. The highest BCUT2D eigenvalue weighted by molar-refractivity contribution is 6.05. The first-order valence-corrected chi connectivity index (χ1v) is 8.56. The van der Waals surface area contributed by atoms with E-state index in [0.717, 1.165) is 0 Å². The van der Waals surface area contributed by atoms with Crippen molar-refractivity contribution in [1.82, 2.24) is 9.80 Å². The van der Waals surface area contributed by atoms with E-state index in [9.17, 15) is 19.2 Å². The quantitative estimate of drug-likeness (QED) is 0.580. The molecule has 7 heteroatoms. The van der Waals surface area contributed by atoms with Crippen LogP contribution in [0.25, 0.3) is 0 Å². The van der Waals surface area contributed by atoms with Crippen LogP contribution in [0.2, 0.25) is 0 Å². The summed E-state index contributed by atoms with van der Waals surface area (Å²) in [4.78, 5) is 51.1. The van der Waals surface area contributed by atoms with Crippen molar-refractivity contribution in [3.8, 4) is 0 Å². The molecule has 24 heavy (non-hydrogen) atoms. The molecule has 0 saturated carbocycles. The summed E-state index contributed by atoms with van der Waals surface area (Å²) in [5, 5.41) is 0.